The van der Waals surface area contributed by atoms with E-state index in [-0.39, 0.29) is 61.1 Å². The van der Waals surface area contributed by atoms with Gasteiger partial charge in [0.15, 0.2) is 5.96 Å². The zero-order valence-electron chi connectivity index (χ0n) is 58.0. The second kappa shape index (κ2) is 34.6. The lowest BCUT2D eigenvalue weighted by atomic mass is 9.83. The molecule has 3 aliphatic heterocycles. The van der Waals surface area contributed by atoms with E-state index in [1.807, 2.05) is 122 Å². The fraction of sp³-hybridized carbons (Fsp3) is 0.529. The fourth-order valence-corrected chi connectivity index (χ4v) is 13.8. The van der Waals surface area contributed by atoms with E-state index in [0.29, 0.717) is 114 Å². The van der Waals surface area contributed by atoms with Gasteiger partial charge in [0.1, 0.15) is 34.7 Å². The highest BCUT2D eigenvalue weighted by Gasteiger charge is 2.38. The fourth-order valence-electron chi connectivity index (χ4n) is 12.6. The van der Waals surface area contributed by atoms with Gasteiger partial charge in [0.05, 0.1) is 91.7 Å². The van der Waals surface area contributed by atoms with E-state index in [0.717, 1.165) is 71.9 Å². The Bertz CT molecular complexity index is 3790. The molecule has 3 saturated heterocycles. The molecule has 1 saturated carbocycles. The third kappa shape index (κ3) is 20.2. The number of methoxy groups -OCH3 is 2. The number of hydrogen-bond acceptors (Lipinski definition) is 16. The SMILES string of the molecule is COCC1CN(c2cc(-c3cccc(Cl)c3Cl)nn2C)CCN1C(=O)CNC(=O)[C@H](N=C(N)N)C1CCCCC1.COCC1CN(c2cc(-c3cccc(Cl)c3Cl)nn2C)CCN1C(=O)OC(C)(C)C.Cn1nc(-c2cccc(Cl)c2Cl)cc1N1CCN(C(=O)OC(C)(C)C)C(CO)C1. The molecular formula is C68H92Cl6N16O9. The van der Waals surface area contributed by atoms with Crippen molar-refractivity contribution in [2.75, 3.05) is 114 Å². The topological polar surface area (TPSA) is 275 Å². The van der Waals surface area contributed by atoms with Crippen LogP contribution in [0.2, 0.25) is 30.1 Å². The molecular weight excluding hydrogens is 1400 g/mol. The second-order valence-electron chi connectivity index (χ2n) is 26.8. The summed E-state index contributed by atoms with van der Waals surface area (Å²) in [7, 11) is 8.86. The van der Waals surface area contributed by atoms with Crippen molar-refractivity contribution in [2.24, 2.45) is 43.5 Å². The van der Waals surface area contributed by atoms with Gasteiger partial charge >= 0.3 is 12.2 Å². The molecule has 99 heavy (non-hydrogen) atoms. The normalized spacial score (nSPS) is 18.0. The van der Waals surface area contributed by atoms with Crippen LogP contribution < -0.4 is 31.5 Å². The molecule has 4 aliphatic rings. The number of amides is 4. The molecule has 6 heterocycles. The van der Waals surface area contributed by atoms with Gasteiger partial charge in [-0.25, -0.2) is 14.6 Å². The number of halogens is 6. The number of aliphatic hydroxyl groups is 1. The van der Waals surface area contributed by atoms with Crippen LogP contribution in [-0.4, -0.2) is 214 Å². The second-order valence-corrected chi connectivity index (χ2v) is 29.1. The minimum atomic E-state index is -0.684. The van der Waals surface area contributed by atoms with Crippen molar-refractivity contribution in [3.05, 3.63) is 103 Å². The van der Waals surface area contributed by atoms with E-state index >= 15 is 0 Å². The van der Waals surface area contributed by atoms with Crippen LogP contribution in [0.25, 0.3) is 33.8 Å². The number of nitrogens with zero attached hydrogens (tertiary/aromatic N) is 13. The quantitative estimate of drug-likeness (QED) is 0.0518. The standard InChI is InChI=1S/C27H38Cl2N8O3.C21H28Cl2N4O3.C20H26Cl2N4O3/c1-35-22(13-21(34-35)19-9-6-10-20(28)24(19)29)36-11-12-37(18(15-36)16-40-2)23(38)14-32-26(39)25(33-27(30)31)17-7-4-3-5-8-17;1-21(2,3)30-20(28)27-10-9-26(12-14(27)13-29-5)18-11-17(24-25(18)4)15-7-6-8-16(22)19(15)23;1-20(2,3)29-19(28)26-9-8-25(11-13(26)12-27)17-10-16(23-24(17)4)14-6-5-7-15(21)18(14)22/h6,9-10,13,17-18,25H,3-5,7-8,11-12,14-16H2,1-2H3,(H,32,39)(H4,30,31,33);6-8,11,14H,9-10,12-13H2,1-5H3;5-7,10,13,27H,8-9,11-12H2,1-4H3/t18?,25-;;/m1../s1. The summed E-state index contributed by atoms with van der Waals surface area (Å²) >= 11 is 37.7. The average Bonchev–Trinajstić information content (AvgIpc) is 1.72. The molecule has 4 fully saturated rings. The van der Waals surface area contributed by atoms with Crippen molar-refractivity contribution < 1.29 is 43.2 Å². The molecule has 6 N–H and O–H groups in total. The van der Waals surface area contributed by atoms with E-state index in [9.17, 15) is 24.3 Å². The van der Waals surface area contributed by atoms with Crippen molar-refractivity contribution in [3.63, 3.8) is 0 Å². The van der Waals surface area contributed by atoms with E-state index < -0.39 is 23.3 Å². The predicted molar refractivity (Wildman–Crippen MR) is 392 cm³/mol. The largest absolute Gasteiger partial charge is 0.444 e. The summed E-state index contributed by atoms with van der Waals surface area (Å²) in [6.07, 6.45) is 4.28. The molecule has 25 nitrogen and oxygen atoms in total. The minimum Gasteiger partial charge on any atom is -0.444 e. The number of benzene rings is 3. The van der Waals surface area contributed by atoms with Crippen LogP contribution in [-0.2, 0) is 49.7 Å². The highest BCUT2D eigenvalue weighted by atomic mass is 35.5. The summed E-state index contributed by atoms with van der Waals surface area (Å²) in [6, 6.07) is 20.9. The Morgan fingerprint density at radius 1 is 0.566 bits per heavy atom. The van der Waals surface area contributed by atoms with Crippen molar-refractivity contribution in [3.8, 4) is 33.8 Å². The van der Waals surface area contributed by atoms with Gasteiger partial charge in [0.25, 0.3) is 0 Å². The van der Waals surface area contributed by atoms with Gasteiger partial charge in [-0.3, -0.25) is 33.4 Å². The Morgan fingerprint density at radius 2 is 0.929 bits per heavy atom. The number of ether oxygens (including phenoxy) is 4. The molecule has 0 radical (unpaired) electrons. The van der Waals surface area contributed by atoms with Crippen LogP contribution in [0.4, 0.5) is 27.0 Å². The zero-order valence-corrected chi connectivity index (χ0v) is 62.5. The summed E-state index contributed by atoms with van der Waals surface area (Å²) in [4.78, 5) is 67.2. The molecule has 4 amide bonds. The molecule has 0 bridgehead atoms. The Morgan fingerprint density at radius 3 is 1.29 bits per heavy atom. The lowest BCUT2D eigenvalue weighted by molar-refractivity contribution is -0.136. The first-order valence-electron chi connectivity index (χ1n) is 32.8. The molecule has 0 spiro atoms. The van der Waals surface area contributed by atoms with Crippen LogP contribution in [0.5, 0.6) is 0 Å². The number of guanidine groups is 1. The molecule has 1 aliphatic carbocycles. The highest BCUT2D eigenvalue weighted by Crippen LogP contribution is 2.39. The maximum Gasteiger partial charge on any atom is 0.410 e. The number of piperazine rings is 3. The molecule has 6 aromatic rings. The number of nitrogens with two attached hydrogens (primary N) is 2. The predicted octanol–water partition coefficient (Wildman–Crippen LogP) is 10.7. The number of aliphatic hydroxyl groups excluding tert-OH is 1. The van der Waals surface area contributed by atoms with E-state index in [1.54, 1.807) is 56.5 Å². The molecule has 3 unspecified atom stereocenters. The maximum atomic E-state index is 13.3. The van der Waals surface area contributed by atoms with E-state index in [2.05, 4.69) is 40.3 Å². The van der Waals surface area contributed by atoms with Crippen molar-refractivity contribution in [2.45, 2.75) is 109 Å². The van der Waals surface area contributed by atoms with Crippen LogP contribution >= 0.6 is 69.6 Å². The molecule has 540 valence electrons. The van der Waals surface area contributed by atoms with Crippen LogP contribution in [0.15, 0.2) is 77.8 Å². The third-order valence-electron chi connectivity index (χ3n) is 17.2. The van der Waals surface area contributed by atoms with Gasteiger partial charge in [-0.05, 0) is 78.5 Å². The first-order chi connectivity index (χ1) is 46.9. The summed E-state index contributed by atoms with van der Waals surface area (Å²) in [6.45, 7) is 16.4. The Hall–Kier alpha value is -6.94. The summed E-state index contributed by atoms with van der Waals surface area (Å²) < 4.78 is 27.3. The van der Waals surface area contributed by atoms with Crippen molar-refractivity contribution in [1.82, 2.24) is 49.4 Å². The molecule has 10 rings (SSSR count). The number of aliphatic imine (C=N–C) groups is 1. The lowest BCUT2D eigenvalue weighted by Crippen LogP contribution is -2.59. The van der Waals surface area contributed by atoms with Crippen molar-refractivity contribution in [1.29, 1.82) is 0 Å². The van der Waals surface area contributed by atoms with Crippen LogP contribution in [0.3, 0.4) is 0 Å². The number of carbonyl (C=O) groups excluding carboxylic acids is 4. The molecule has 31 heteroatoms. The molecule has 3 aromatic carbocycles. The van der Waals surface area contributed by atoms with Gasteiger partial charge < -0.3 is 60.4 Å². The van der Waals surface area contributed by atoms with Gasteiger partial charge in [-0.1, -0.05) is 125 Å². The Kier molecular flexibility index (Phi) is 27.2. The summed E-state index contributed by atoms with van der Waals surface area (Å²) in [5.74, 6) is 2.14. The monoisotopic (exact) mass is 1490 g/mol. The van der Waals surface area contributed by atoms with E-state index in [1.165, 1.54) is 0 Å². The van der Waals surface area contributed by atoms with Gasteiger partial charge in [-0.15, -0.1) is 0 Å². The number of anilines is 3. The first kappa shape index (κ1) is 77.8. The first-order valence-corrected chi connectivity index (χ1v) is 35.1. The number of hydrogen-bond donors (Lipinski definition) is 4. The number of nitrogens with one attached hydrogen (secondary N) is 1. The molecule has 3 aromatic heterocycles. The smallest absolute Gasteiger partial charge is 0.410 e. The molecule has 4 atom stereocenters. The van der Waals surface area contributed by atoms with Crippen LogP contribution in [0.1, 0.15) is 73.6 Å². The third-order valence-corrected chi connectivity index (χ3v) is 19.7. The van der Waals surface area contributed by atoms with E-state index in [4.69, 9.17) is 100 Å². The number of carbonyl (C=O) groups is 4. The van der Waals surface area contributed by atoms with Gasteiger partial charge in [0.2, 0.25) is 11.8 Å². The van der Waals surface area contributed by atoms with Crippen LogP contribution in [0, 0.1) is 5.92 Å². The lowest BCUT2D eigenvalue weighted by Gasteiger charge is -2.42. The Balaban J connectivity index is 0.000000193. The van der Waals surface area contributed by atoms with Crippen molar-refractivity contribution >= 4 is 117 Å². The number of aromatic nitrogens is 6. The average molecular weight is 1490 g/mol. The van der Waals surface area contributed by atoms with Gasteiger partial charge in [0, 0.05) is 129 Å². The summed E-state index contributed by atoms with van der Waals surface area (Å²) in [5.41, 5.74) is 14.6. The van der Waals surface area contributed by atoms with Gasteiger partial charge in [-0.2, -0.15) is 15.3 Å². The Labute approximate surface area is 609 Å². The highest BCUT2D eigenvalue weighted by molar-refractivity contribution is 6.44. The number of aryl methyl sites for hydroxylation is 3. The summed E-state index contributed by atoms with van der Waals surface area (Å²) in [5, 5.41) is 29.3. The zero-order chi connectivity index (χ0) is 72.2. The number of rotatable bonds is 16. The minimum absolute atomic E-state index is 0.0707. The maximum absolute atomic E-state index is 13.3.